The smallest absolute Gasteiger partial charge is 0.0260 e. The van der Waals surface area contributed by atoms with E-state index < -0.39 is 0 Å². The Morgan fingerprint density at radius 1 is 0.722 bits per heavy atom. The largest absolute Gasteiger partial charge is 0.0839 e. The van der Waals surface area contributed by atoms with Gasteiger partial charge in [0.1, 0.15) is 0 Å². The normalized spacial score (nSPS) is 10.9. The monoisotopic (exact) mass is 236 g/mol. The molecule has 0 N–H and O–H groups in total. The summed E-state index contributed by atoms with van der Waals surface area (Å²) in [5.74, 6) is 0. The zero-order valence-electron chi connectivity index (χ0n) is 10.8. The van der Waals surface area contributed by atoms with Crippen molar-refractivity contribution in [2.75, 3.05) is 0 Å². The molecular formula is C18H20. The Morgan fingerprint density at radius 2 is 1.39 bits per heavy atom. The standard InChI is InChI=1S/C18H20/c1(5-11-17-13-7-3-8-14-17)2-6-12-18-15-9-4-10-16-18/h3-5,7-11,13-16H,1-2,6,12H2/b11-5+. The Bertz CT molecular complexity index is 454. The molecular weight excluding hydrogens is 216 g/mol. The highest BCUT2D eigenvalue weighted by Gasteiger charge is 1.91. The molecule has 0 heterocycles. The highest BCUT2D eigenvalue weighted by Crippen LogP contribution is 2.08. The van der Waals surface area contributed by atoms with Gasteiger partial charge < -0.3 is 0 Å². The van der Waals surface area contributed by atoms with Crippen LogP contribution in [0, 0.1) is 0 Å². The van der Waals surface area contributed by atoms with Crippen molar-refractivity contribution in [1.29, 1.82) is 0 Å². The second-order valence-corrected chi connectivity index (χ2v) is 4.54. The SMILES string of the molecule is C(=C\c1ccccc1)/CCCCc1ccccc1. The molecule has 2 aromatic carbocycles. The second-order valence-electron chi connectivity index (χ2n) is 4.54. The summed E-state index contributed by atoms with van der Waals surface area (Å²) in [5, 5.41) is 0. The van der Waals surface area contributed by atoms with Gasteiger partial charge in [0.15, 0.2) is 0 Å². The Labute approximate surface area is 110 Å². The van der Waals surface area contributed by atoms with Crippen molar-refractivity contribution in [1.82, 2.24) is 0 Å². The maximum Gasteiger partial charge on any atom is -0.0260 e. The highest BCUT2D eigenvalue weighted by molar-refractivity contribution is 5.48. The summed E-state index contributed by atoms with van der Waals surface area (Å²) >= 11 is 0. The molecule has 0 aromatic heterocycles. The fraction of sp³-hybridized carbons (Fsp3) is 0.222. The molecule has 0 spiro atoms. The summed E-state index contributed by atoms with van der Waals surface area (Å²) in [6.45, 7) is 0. The lowest BCUT2D eigenvalue weighted by Crippen LogP contribution is -1.83. The molecule has 0 nitrogen and oxygen atoms in total. The molecule has 0 aliphatic rings. The maximum absolute atomic E-state index is 2.28. The average Bonchev–Trinajstić information content (AvgIpc) is 2.45. The van der Waals surface area contributed by atoms with E-state index in [1.54, 1.807) is 0 Å². The van der Waals surface area contributed by atoms with E-state index in [1.165, 1.54) is 36.8 Å². The topological polar surface area (TPSA) is 0 Å². The van der Waals surface area contributed by atoms with Crippen LogP contribution >= 0.6 is 0 Å². The van der Waals surface area contributed by atoms with Crippen molar-refractivity contribution in [2.45, 2.75) is 25.7 Å². The predicted octanol–water partition coefficient (Wildman–Crippen LogP) is 5.11. The molecule has 0 aliphatic heterocycles. The number of hydrogen-bond donors (Lipinski definition) is 0. The molecule has 0 saturated heterocycles. The van der Waals surface area contributed by atoms with E-state index >= 15 is 0 Å². The zero-order chi connectivity index (χ0) is 12.5. The Balaban J connectivity index is 1.63. The summed E-state index contributed by atoms with van der Waals surface area (Å²) < 4.78 is 0. The zero-order valence-corrected chi connectivity index (χ0v) is 10.8. The number of hydrogen-bond acceptors (Lipinski definition) is 0. The van der Waals surface area contributed by atoms with Gasteiger partial charge in [-0.15, -0.1) is 0 Å². The molecule has 92 valence electrons. The summed E-state index contributed by atoms with van der Waals surface area (Å²) in [7, 11) is 0. The Kier molecular flexibility index (Phi) is 5.26. The number of allylic oxidation sites excluding steroid dienone is 1. The van der Waals surface area contributed by atoms with Crippen LogP contribution in [0.3, 0.4) is 0 Å². The van der Waals surface area contributed by atoms with Crippen molar-refractivity contribution >= 4 is 6.08 Å². The first-order chi connectivity index (χ1) is 8.95. The van der Waals surface area contributed by atoms with E-state index in [0.29, 0.717) is 0 Å². The third-order valence-electron chi connectivity index (χ3n) is 3.04. The summed E-state index contributed by atoms with van der Waals surface area (Å²) in [6, 6.07) is 21.2. The van der Waals surface area contributed by atoms with Crippen LogP contribution < -0.4 is 0 Å². The van der Waals surface area contributed by atoms with Crippen LogP contribution in [-0.2, 0) is 6.42 Å². The van der Waals surface area contributed by atoms with Gasteiger partial charge in [0.05, 0.1) is 0 Å². The molecule has 0 aliphatic carbocycles. The lowest BCUT2D eigenvalue weighted by atomic mass is 10.1. The third kappa shape index (κ3) is 4.58. The minimum absolute atomic E-state index is 1.17. The molecule has 0 heteroatoms. The van der Waals surface area contributed by atoms with Crippen molar-refractivity contribution in [2.24, 2.45) is 0 Å². The van der Waals surface area contributed by atoms with Gasteiger partial charge in [-0.1, -0.05) is 72.8 Å². The predicted molar refractivity (Wildman–Crippen MR) is 79.5 cm³/mol. The van der Waals surface area contributed by atoms with Crippen LogP contribution in [0.5, 0.6) is 0 Å². The quantitative estimate of drug-likeness (QED) is 0.611. The fourth-order valence-electron chi connectivity index (χ4n) is 2.02. The molecule has 0 amide bonds. The van der Waals surface area contributed by atoms with Gasteiger partial charge >= 0.3 is 0 Å². The molecule has 0 radical (unpaired) electrons. The third-order valence-corrected chi connectivity index (χ3v) is 3.04. The molecule has 0 fully saturated rings. The van der Waals surface area contributed by atoms with Gasteiger partial charge in [-0.3, -0.25) is 0 Å². The van der Waals surface area contributed by atoms with Crippen LogP contribution in [0.25, 0.3) is 6.08 Å². The maximum atomic E-state index is 2.28. The van der Waals surface area contributed by atoms with E-state index in [1.807, 2.05) is 0 Å². The van der Waals surface area contributed by atoms with Gasteiger partial charge in [0.25, 0.3) is 0 Å². The van der Waals surface area contributed by atoms with Crippen LogP contribution in [0.1, 0.15) is 30.4 Å². The minimum Gasteiger partial charge on any atom is -0.0839 e. The molecule has 2 rings (SSSR count). The van der Waals surface area contributed by atoms with Gasteiger partial charge in [-0.05, 0) is 36.8 Å². The summed E-state index contributed by atoms with van der Waals surface area (Å²) in [4.78, 5) is 0. The van der Waals surface area contributed by atoms with Gasteiger partial charge in [-0.25, -0.2) is 0 Å². The first-order valence-electron chi connectivity index (χ1n) is 6.71. The van der Waals surface area contributed by atoms with Crippen LogP contribution in [0.4, 0.5) is 0 Å². The Hall–Kier alpha value is -1.82. The second kappa shape index (κ2) is 7.50. The minimum atomic E-state index is 1.17. The van der Waals surface area contributed by atoms with E-state index in [4.69, 9.17) is 0 Å². The van der Waals surface area contributed by atoms with Gasteiger partial charge in [0, 0.05) is 0 Å². The van der Waals surface area contributed by atoms with Crippen LogP contribution in [0.15, 0.2) is 66.7 Å². The molecule has 2 aromatic rings. The lowest BCUT2D eigenvalue weighted by molar-refractivity contribution is 0.749. The van der Waals surface area contributed by atoms with E-state index in [0.717, 1.165) is 0 Å². The first kappa shape index (κ1) is 12.6. The number of aryl methyl sites for hydroxylation is 1. The van der Waals surface area contributed by atoms with Crippen molar-refractivity contribution in [3.63, 3.8) is 0 Å². The van der Waals surface area contributed by atoms with Gasteiger partial charge in [-0.2, -0.15) is 0 Å². The summed E-state index contributed by atoms with van der Waals surface area (Å²) in [5.41, 5.74) is 2.74. The van der Waals surface area contributed by atoms with Crippen LogP contribution in [-0.4, -0.2) is 0 Å². The number of rotatable bonds is 6. The van der Waals surface area contributed by atoms with Gasteiger partial charge in [0.2, 0.25) is 0 Å². The van der Waals surface area contributed by atoms with Crippen molar-refractivity contribution in [3.05, 3.63) is 77.9 Å². The van der Waals surface area contributed by atoms with E-state index in [9.17, 15) is 0 Å². The average molecular weight is 236 g/mol. The molecule has 0 atom stereocenters. The Morgan fingerprint density at radius 3 is 2.11 bits per heavy atom. The molecule has 0 unspecified atom stereocenters. The summed E-state index contributed by atoms with van der Waals surface area (Å²) in [6.07, 6.45) is 9.38. The number of unbranched alkanes of at least 4 members (excludes halogenated alkanes) is 2. The number of benzene rings is 2. The van der Waals surface area contributed by atoms with E-state index in [2.05, 4.69) is 72.8 Å². The fourth-order valence-corrected chi connectivity index (χ4v) is 2.02. The van der Waals surface area contributed by atoms with E-state index in [-0.39, 0.29) is 0 Å². The van der Waals surface area contributed by atoms with Crippen molar-refractivity contribution < 1.29 is 0 Å². The first-order valence-corrected chi connectivity index (χ1v) is 6.71. The van der Waals surface area contributed by atoms with Crippen molar-refractivity contribution in [3.8, 4) is 0 Å². The molecule has 0 bridgehead atoms. The highest BCUT2D eigenvalue weighted by atomic mass is 14.0. The lowest BCUT2D eigenvalue weighted by Gasteiger charge is -1.99. The van der Waals surface area contributed by atoms with Crippen LogP contribution in [0.2, 0.25) is 0 Å². The molecule has 18 heavy (non-hydrogen) atoms. The molecule has 0 saturated carbocycles.